The number of rotatable bonds is 3. The van der Waals surface area contributed by atoms with E-state index < -0.39 is 0 Å². The molecule has 0 aromatic rings. The summed E-state index contributed by atoms with van der Waals surface area (Å²) in [6.07, 6.45) is 5.62. The van der Waals surface area contributed by atoms with Crippen LogP contribution in [0.15, 0.2) is 0 Å². The van der Waals surface area contributed by atoms with Crippen LogP contribution in [0, 0.1) is 11.8 Å². The molecule has 1 aliphatic rings. The maximum Gasteiger partial charge on any atom is 0.0675 e. The molecule has 0 spiro atoms. The van der Waals surface area contributed by atoms with Crippen LogP contribution < -0.4 is 0 Å². The highest BCUT2D eigenvalue weighted by molar-refractivity contribution is 4.91. The van der Waals surface area contributed by atoms with Crippen molar-refractivity contribution in [1.82, 2.24) is 0 Å². The zero-order valence-corrected chi connectivity index (χ0v) is 8.64. The molecule has 0 aromatic heterocycles. The Morgan fingerprint density at radius 2 is 2.25 bits per heavy atom. The minimum Gasteiger partial charge on any atom is -0.390 e. The Kier molecular flexibility index (Phi) is 3.16. The predicted molar refractivity (Wildman–Crippen MR) is 52.0 cm³/mol. The maximum atomic E-state index is 10.3. The average Bonchev–Trinajstić information content (AvgIpc) is 2.33. The Morgan fingerprint density at radius 1 is 1.58 bits per heavy atom. The summed E-state index contributed by atoms with van der Waals surface area (Å²) in [7, 11) is 0. The summed E-state index contributed by atoms with van der Waals surface area (Å²) in [6.45, 7) is 6.64. The Balaban J connectivity index is 2.48. The third kappa shape index (κ3) is 2.01. The largest absolute Gasteiger partial charge is 0.390 e. The van der Waals surface area contributed by atoms with Gasteiger partial charge in [0.2, 0.25) is 0 Å². The van der Waals surface area contributed by atoms with E-state index in [0.717, 1.165) is 18.8 Å². The highest BCUT2D eigenvalue weighted by Gasteiger charge is 2.39. The van der Waals surface area contributed by atoms with Crippen LogP contribution in [0.5, 0.6) is 0 Å². The molecule has 1 fully saturated rings. The van der Waals surface area contributed by atoms with Gasteiger partial charge in [0.25, 0.3) is 0 Å². The molecule has 12 heavy (non-hydrogen) atoms. The van der Waals surface area contributed by atoms with Crippen molar-refractivity contribution >= 4 is 0 Å². The molecule has 0 amide bonds. The van der Waals surface area contributed by atoms with Crippen LogP contribution >= 0.6 is 0 Å². The molecule has 0 bridgehead atoms. The summed E-state index contributed by atoms with van der Waals surface area (Å²) in [5, 5.41) is 10.3. The normalized spacial score (nSPS) is 38.5. The topological polar surface area (TPSA) is 20.2 Å². The van der Waals surface area contributed by atoms with Crippen molar-refractivity contribution in [2.45, 2.75) is 58.5 Å². The first-order valence-electron chi connectivity index (χ1n) is 5.31. The monoisotopic (exact) mass is 170 g/mol. The van der Waals surface area contributed by atoms with Crippen LogP contribution in [-0.4, -0.2) is 10.7 Å². The summed E-state index contributed by atoms with van der Waals surface area (Å²) < 4.78 is 0. The molecule has 72 valence electrons. The van der Waals surface area contributed by atoms with E-state index in [1.54, 1.807) is 0 Å². The lowest BCUT2D eigenvalue weighted by atomic mass is 9.84. The SMILES string of the molecule is CCCC(C)C1(O)CCC(C)C1. The van der Waals surface area contributed by atoms with Crippen LogP contribution in [0.1, 0.15) is 52.9 Å². The predicted octanol–water partition coefficient (Wildman–Crippen LogP) is 2.97. The standard InChI is InChI=1S/C11H22O/c1-4-5-10(3)11(12)7-6-9(2)8-11/h9-10,12H,4-8H2,1-3H3. The molecule has 1 saturated carbocycles. The summed E-state index contributed by atoms with van der Waals surface area (Å²) in [4.78, 5) is 0. The molecule has 3 unspecified atom stereocenters. The Morgan fingerprint density at radius 3 is 2.67 bits per heavy atom. The Bertz CT molecular complexity index is 144. The van der Waals surface area contributed by atoms with Crippen molar-refractivity contribution in [2.75, 3.05) is 0 Å². The molecule has 1 N–H and O–H groups in total. The van der Waals surface area contributed by atoms with Gasteiger partial charge in [-0.05, 0) is 37.5 Å². The van der Waals surface area contributed by atoms with Gasteiger partial charge in [0, 0.05) is 0 Å². The van der Waals surface area contributed by atoms with E-state index in [9.17, 15) is 5.11 Å². The first-order valence-corrected chi connectivity index (χ1v) is 5.31. The summed E-state index contributed by atoms with van der Waals surface area (Å²) >= 11 is 0. The van der Waals surface area contributed by atoms with Gasteiger partial charge in [0.1, 0.15) is 0 Å². The molecule has 0 saturated heterocycles. The Labute approximate surface area is 76.2 Å². The summed E-state index contributed by atoms with van der Waals surface area (Å²) in [5.41, 5.74) is -0.324. The Hall–Kier alpha value is -0.0400. The smallest absolute Gasteiger partial charge is 0.0675 e. The average molecular weight is 170 g/mol. The van der Waals surface area contributed by atoms with Gasteiger partial charge in [-0.3, -0.25) is 0 Å². The molecule has 0 heterocycles. The lowest BCUT2D eigenvalue weighted by molar-refractivity contribution is -0.0116. The zero-order valence-electron chi connectivity index (χ0n) is 8.64. The van der Waals surface area contributed by atoms with E-state index in [1.807, 2.05) is 0 Å². The van der Waals surface area contributed by atoms with Crippen LogP contribution in [0.4, 0.5) is 0 Å². The second-order valence-electron chi connectivity index (χ2n) is 4.64. The van der Waals surface area contributed by atoms with Crippen molar-refractivity contribution in [3.8, 4) is 0 Å². The fourth-order valence-corrected chi connectivity index (χ4v) is 2.45. The number of hydrogen-bond acceptors (Lipinski definition) is 1. The van der Waals surface area contributed by atoms with Gasteiger partial charge in [-0.2, -0.15) is 0 Å². The zero-order chi connectivity index (χ0) is 9.19. The van der Waals surface area contributed by atoms with Gasteiger partial charge in [-0.1, -0.05) is 27.2 Å². The minimum atomic E-state index is -0.324. The molecule has 1 nitrogen and oxygen atoms in total. The molecule has 0 radical (unpaired) electrons. The molecule has 1 aliphatic carbocycles. The number of aliphatic hydroxyl groups is 1. The van der Waals surface area contributed by atoms with E-state index in [4.69, 9.17) is 0 Å². The fourth-order valence-electron chi connectivity index (χ4n) is 2.45. The van der Waals surface area contributed by atoms with Gasteiger partial charge < -0.3 is 5.11 Å². The van der Waals surface area contributed by atoms with Crippen molar-refractivity contribution < 1.29 is 5.11 Å². The molecular weight excluding hydrogens is 148 g/mol. The molecule has 0 aromatic carbocycles. The minimum absolute atomic E-state index is 0.324. The van der Waals surface area contributed by atoms with Gasteiger partial charge in [0.15, 0.2) is 0 Å². The van der Waals surface area contributed by atoms with Crippen LogP contribution in [0.3, 0.4) is 0 Å². The highest BCUT2D eigenvalue weighted by Crippen LogP contribution is 2.40. The van der Waals surface area contributed by atoms with E-state index in [-0.39, 0.29) is 5.60 Å². The van der Waals surface area contributed by atoms with Gasteiger partial charge in [0.05, 0.1) is 5.60 Å². The second kappa shape index (κ2) is 3.78. The number of hydrogen-bond donors (Lipinski definition) is 1. The maximum absolute atomic E-state index is 10.3. The highest BCUT2D eigenvalue weighted by atomic mass is 16.3. The fraction of sp³-hybridized carbons (Fsp3) is 1.00. The van der Waals surface area contributed by atoms with Crippen molar-refractivity contribution in [3.05, 3.63) is 0 Å². The molecule has 1 rings (SSSR count). The molecular formula is C11H22O. The van der Waals surface area contributed by atoms with Gasteiger partial charge in [-0.25, -0.2) is 0 Å². The quantitative estimate of drug-likeness (QED) is 0.690. The van der Waals surface area contributed by atoms with Crippen molar-refractivity contribution in [2.24, 2.45) is 11.8 Å². The van der Waals surface area contributed by atoms with Crippen LogP contribution in [0.2, 0.25) is 0 Å². The third-order valence-electron chi connectivity index (χ3n) is 3.41. The van der Waals surface area contributed by atoms with Gasteiger partial charge >= 0.3 is 0 Å². The van der Waals surface area contributed by atoms with E-state index in [2.05, 4.69) is 20.8 Å². The van der Waals surface area contributed by atoms with Crippen molar-refractivity contribution in [1.29, 1.82) is 0 Å². The first-order chi connectivity index (χ1) is 5.58. The molecule has 0 aliphatic heterocycles. The van der Waals surface area contributed by atoms with E-state index >= 15 is 0 Å². The lowest BCUT2D eigenvalue weighted by Gasteiger charge is -2.29. The second-order valence-corrected chi connectivity index (χ2v) is 4.64. The molecule has 1 heteroatoms. The first kappa shape index (κ1) is 10.0. The summed E-state index contributed by atoms with van der Waals surface area (Å²) in [5.74, 6) is 1.22. The third-order valence-corrected chi connectivity index (χ3v) is 3.41. The molecule has 3 atom stereocenters. The van der Waals surface area contributed by atoms with Crippen LogP contribution in [0.25, 0.3) is 0 Å². The lowest BCUT2D eigenvalue weighted by Crippen LogP contribution is -2.33. The summed E-state index contributed by atoms with van der Waals surface area (Å²) in [6, 6.07) is 0. The van der Waals surface area contributed by atoms with E-state index in [1.165, 1.54) is 19.3 Å². The van der Waals surface area contributed by atoms with E-state index in [0.29, 0.717) is 5.92 Å². The van der Waals surface area contributed by atoms with Gasteiger partial charge in [-0.15, -0.1) is 0 Å². The van der Waals surface area contributed by atoms with Crippen molar-refractivity contribution in [3.63, 3.8) is 0 Å². The van der Waals surface area contributed by atoms with Crippen LogP contribution in [-0.2, 0) is 0 Å².